The summed E-state index contributed by atoms with van der Waals surface area (Å²) in [7, 11) is 2.69. The highest BCUT2D eigenvalue weighted by Crippen LogP contribution is 2.35. The van der Waals surface area contributed by atoms with E-state index < -0.39 is 46.9 Å². The number of fused-ring (bicyclic) bond motifs is 2. The van der Waals surface area contributed by atoms with Crippen molar-refractivity contribution >= 4 is 39.4 Å². The number of aryl methyl sites for hydroxylation is 2. The summed E-state index contributed by atoms with van der Waals surface area (Å²) >= 11 is 0. The fraction of sp³-hybridized carbons (Fsp3) is 0.351. The molecule has 52 heavy (non-hydrogen) atoms. The Morgan fingerprint density at radius 3 is 2.65 bits per heavy atom. The first kappa shape index (κ1) is 36.2. The summed E-state index contributed by atoms with van der Waals surface area (Å²) in [5.41, 5.74) is 0.208. The Bertz CT molecular complexity index is 2290. The molecule has 2 unspecified atom stereocenters. The van der Waals surface area contributed by atoms with Gasteiger partial charge in [-0.3, -0.25) is 24.1 Å². The first-order chi connectivity index (χ1) is 24.9. The second-order valence-electron chi connectivity index (χ2n) is 12.7. The molecule has 1 aliphatic rings. The number of nitrogens with zero attached hydrogens (tertiary/aromatic N) is 5. The first-order valence-corrected chi connectivity index (χ1v) is 16.7. The van der Waals surface area contributed by atoms with Crippen LogP contribution in [0.1, 0.15) is 41.3 Å². The number of morpholine rings is 1. The molecule has 12 nitrogen and oxygen atoms in total. The van der Waals surface area contributed by atoms with Gasteiger partial charge in [-0.2, -0.15) is 0 Å². The van der Waals surface area contributed by atoms with Crippen LogP contribution in [0.2, 0.25) is 0 Å². The molecule has 15 heteroatoms. The Morgan fingerprint density at radius 2 is 1.92 bits per heavy atom. The van der Waals surface area contributed by atoms with E-state index in [1.807, 2.05) is 0 Å². The summed E-state index contributed by atoms with van der Waals surface area (Å²) in [5, 5.41) is 3.28. The van der Waals surface area contributed by atoms with Crippen molar-refractivity contribution in [2.75, 3.05) is 31.8 Å². The van der Waals surface area contributed by atoms with Crippen LogP contribution in [0.4, 0.5) is 18.9 Å². The third-order valence-electron chi connectivity index (χ3n) is 9.40. The summed E-state index contributed by atoms with van der Waals surface area (Å²) in [6.07, 6.45) is 4.12. The fourth-order valence-corrected chi connectivity index (χ4v) is 6.82. The summed E-state index contributed by atoms with van der Waals surface area (Å²) in [6, 6.07) is 7.94. The van der Waals surface area contributed by atoms with E-state index in [-0.39, 0.29) is 72.4 Å². The molecule has 272 valence electrons. The van der Waals surface area contributed by atoms with E-state index in [9.17, 15) is 19.2 Å². The Labute approximate surface area is 295 Å². The standard InChI is InChI=1S/C37H37F3N6O6/c1-5-11-37(39,40)30-20-52-15-14-45(30)23-16-21(2)31(26(38)18-23)33(47)43-27(35(49)51-4)17-22-8-9-29(32-24(22)7-6-12-42-32)46-34(48)25-19-41-13-10-28(25)44(3)36(46)50/h6-10,12-13,16,18-19,27,30H,5,11,14-15,17,20H2,1-4H3,(H,43,47). The van der Waals surface area contributed by atoms with Gasteiger partial charge in [0.2, 0.25) is 0 Å². The number of methoxy groups -OCH3 is 1. The van der Waals surface area contributed by atoms with Crippen LogP contribution in [0.3, 0.4) is 0 Å². The molecular formula is C37H37F3N6O6. The fourth-order valence-electron chi connectivity index (χ4n) is 6.82. The van der Waals surface area contributed by atoms with Gasteiger partial charge in [-0.05, 0) is 48.4 Å². The lowest BCUT2D eigenvalue weighted by molar-refractivity contribution is -0.142. The van der Waals surface area contributed by atoms with Crippen molar-refractivity contribution < 1.29 is 32.2 Å². The lowest BCUT2D eigenvalue weighted by Crippen LogP contribution is -2.55. The number of benzene rings is 2. The molecule has 4 heterocycles. The molecule has 3 aromatic heterocycles. The highest BCUT2D eigenvalue weighted by Gasteiger charge is 2.44. The van der Waals surface area contributed by atoms with Crippen LogP contribution in [-0.2, 0) is 27.7 Å². The molecule has 0 bridgehead atoms. The number of carbonyl (C=O) groups is 2. The number of alkyl halides is 2. The van der Waals surface area contributed by atoms with E-state index in [0.717, 1.165) is 17.7 Å². The minimum Gasteiger partial charge on any atom is -0.467 e. The lowest BCUT2D eigenvalue weighted by atomic mass is 9.98. The quantitative estimate of drug-likeness (QED) is 0.210. The number of aromatic nitrogens is 4. The van der Waals surface area contributed by atoms with Gasteiger partial charge < -0.3 is 19.7 Å². The van der Waals surface area contributed by atoms with E-state index in [1.165, 1.54) is 54.2 Å². The number of rotatable bonds is 10. The minimum atomic E-state index is -3.08. The van der Waals surface area contributed by atoms with Crippen molar-refractivity contribution in [1.29, 1.82) is 0 Å². The van der Waals surface area contributed by atoms with Crippen molar-refractivity contribution in [1.82, 2.24) is 24.4 Å². The zero-order chi connectivity index (χ0) is 37.3. The number of amides is 1. The third-order valence-corrected chi connectivity index (χ3v) is 9.40. The second kappa shape index (κ2) is 14.6. The van der Waals surface area contributed by atoms with Gasteiger partial charge in [0.05, 0.1) is 48.0 Å². The molecule has 2 aromatic carbocycles. The Morgan fingerprint density at radius 1 is 1.13 bits per heavy atom. The first-order valence-electron chi connectivity index (χ1n) is 16.7. The maximum absolute atomic E-state index is 15.8. The maximum atomic E-state index is 15.8. The summed E-state index contributed by atoms with van der Waals surface area (Å²) in [6.45, 7) is 3.21. The molecule has 1 aliphatic heterocycles. The van der Waals surface area contributed by atoms with Crippen LogP contribution in [0.5, 0.6) is 0 Å². The van der Waals surface area contributed by atoms with Crippen molar-refractivity contribution in [3.63, 3.8) is 0 Å². The van der Waals surface area contributed by atoms with Crippen LogP contribution >= 0.6 is 0 Å². The minimum absolute atomic E-state index is 0.113. The molecule has 0 saturated carbocycles. The highest BCUT2D eigenvalue weighted by molar-refractivity contribution is 5.99. The number of pyridine rings is 2. The largest absolute Gasteiger partial charge is 0.467 e. The number of nitrogens with one attached hydrogen (secondary N) is 1. The number of hydrogen-bond donors (Lipinski definition) is 1. The van der Waals surface area contributed by atoms with Gasteiger partial charge in [0.25, 0.3) is 17.4 Å². The van der Waals surface area contributed by atoms with Crippen LogP contribution in [0, 0.1) is 12.7 Å². The van der Waals surface area contributed by atoms with Crippen LogP contribution in [0.25, 0.3) is 27.5 Å². The second-order valence-corrected chi connectivity index (χ2v) is 12.7. The van der Waals surface area contributed by atoms with Gasteiger partial charge in [-0.25, -0.2) is 27.3 Å². The number of hydrogen-bond acceptors (Lipinski definition) is 9. The Hall–Kier alpha value is -5.57. The molecule has 1 N–H and O–H groups in total. The number of carbonyl (C=O) groups excluding carboxylic acids is 2. The van der Waals surface area contributed by atoms with E-state index in [0.29, 0.717) is 16.5 Å². The number of esters is 1. The van der Waals surface area contributed by atoms with Gasteiger partial charge in [0.15, 0.2) is 0 Å². The highest BCUT2D eigenvalue weighted by atomic mass is 19.3. The number of ether oxygens (including phenoxy) is 2. The van der Waals surface area contributed by atoms with E-state index in [1.54, 1.807) is 31.2 Å². The molecule has 0 spiro atoms. The SMILES string of the molecule is CCCC(F)(F)C1COCCN1c1cc(C)c(C(=O)NC(Cc2ccc(-n3c(=O)c4cnccc4n(C)c3=O)c3ncccc23)C(=O)OC)c(F)c1. The smallest absolute Gasteiger partial charge is 0.335 e. The number of halogens is 3. The summed E-state index contributed by atoms with van der Waals surface area (Å²) < 4.78 is 58.5. The van der Waals surface area contributed by atoms with E-state index in [2.05, 4.69) is 15.3 Å². The molecule has 2 atom stereocenters. The average Bonchev–Trinajstić information content (AvgIpc) is 3.13. The van der Waals surface area contributed by atoms with Crippen LogP contribution in [-0.4, -0.2) is 75.9 Å². The molecular weight excluding hydrogens is 681 g/mol. The summed E-state index contributed by atoms with van der Waals surface area (Å²) in [4.78, 5) is 63.5. The zero-order valence-corrected chi connectivity index (χ0v) is 29.0. The predicted molar refractivity (Wildman–Crippen MR) is 188 cm³/mol. The third kappa shape index (κ3) is 6.63. The molecule has 0 aliphatic carbocycles. The molecule has 6 rings (SSSR count). The maximum Gasteiger partial charge on any atom is 0.335 e. The van der Waals surface area contributed by atoms with Crippen LogP contribution in [0.15, 0.2) is 70.6 Å². The van der Waals surface area contributed by atoms with Crippen molar-refractivity contribution in [3.05, 3.63) is 104 Å². The van der Waals surface area contributed by atoms with E-state index in [4.69, 9.17) is 9.47 Å². The topological polar surface area (TPSA) is 138 Å². The van der Waals surface area contributed by atoms with Gasteiger partial charge in [0.1, 0.15) is 17.9 Å². The summed E-state index contributed by atoms with van der Waals surface area (Å²) in [5.74, 6) is -5.76. The lowest BCUT2D eigenvalue weighted by Gasteiger charge is -2.41. The van der Waals surface area contributed by atoms with E-state index >= 15 is 13.2 Å². The van der Waals surface area contributed by atoms with Crippen LogP contribution < -0.4 is 21.5 Å². The van der Waals surface area contributed by atoms with Gasteiger partial charge in [-0.1, -0.05) is 25.5 Å². The zero-order valence-electron chi connectivity index (χ0n) is 29.0. The molecule has 1 fully saturated rings. The molecule has 1 saturated heterocycles. The van der Waals surface area contributed by atoms with Crippen molar-refractivity contribution in [3.8, 4) is 5.69 Å². The van der Waals surface area contributed by atoms with Crippen molar-refractivity contribution in [2.45, 2.75) is 51.1 Å². The molecule has 0 radical (unpaired) electrons. The van der Waals surface area contributed by atoms with Gasteiger partial charge in [0, 0.05) is 56.1 Å². The Balaban J connectivity index is 1.32. The normalized spacial score (nSPS) is 15.5. The average molecular weight is 719 g/mol. The van der Waals surface area contributed by atoms with Crippen molar-refractivity contribution in [2.24, 2.45) is 7.05 Å². The number of anilines is 1. The monoisotopic (exact) mass is 718 g/mol. The van der Waals surface area contributed by atoms with Gasteiger partial charge >= 0.3 is 11.7 Å². The molecule has 1 amide bonds. The Kier molecular flexibility index (Phi) is 10.2. The predicted octanol–water partition coefficient (Wildman–Crippen LogP) is 4.23. The molecule has 5 aromatic rings. The van der Waals surface area contributed by atoms with Gasteiger partial charge in [-0.15, -0.1) is 0 Å².